The molecule has 1 saturated heterocycles. The van der Waals surface area contributed by atoms with Crippen LogP contribution in [0.15, 0.2) is 97.1 Å². The zero-order valence-electron chi connectivity index (χ0n) is 19.8. The molecule has 4 aromatic carbocycles. The molecule has 1 fully saturated rings. The van der Waals surface area contributed by atoms with Gasteiger partial charge in [0.2, 0.25) is 0 Å². The number of rotatable bonds is 1. The van der Waals surface area contributed by atoms with Crippen molar-refractivity contribution in [3.05, 3.63) is 130 Å². The molecule has 0 unspecified atom stereocenters. The summed E-state index contributed by atoms with van der Waals surface area (Å²) in [6, 6.07) is 32.7. The number of hydrogen-bond acceptors (Lipinski definition) is 3. The van der Waals surface area contributed by atoms with Crippen LogP contribution >= 0.6 is 0 Å². The molecule has 170 valence electrons. The number of likely N-dealkylation sites (tertiary alicyclic amines) is 1. The van der Waals surface area contributed by atoms with Crippen molar-refractivity contribution in [2.24, 2.45) is 0 Å². The Morgan fingerprint density at radius 1 is 0.657 bits per heavy atom. The maximum atomic E-state index is 14.6. The quantitative estimate of drug-likeness (QED) is 0.340. The predicted octanol–water partition coefficient (Wildman–Crippen LogP) is 5.81. The number of carbonyl (C=O) groups is 2. The summed E-state index contributed by atoms with van der Waals surface area (Å²) in [6.45, 7) is 2.69. The first kappa shape index (κ1) is 20.5. The van der Waals surface area contributed by atoms with Crippen LogP contribution in [0.5, 0.6) is 0 Å². The highest BCUT2D eigenvalue weighted by atomic mass is 16.2. The Balaban J connectivity index is 1.65. The Morgan fingerprint density at radius 2 is 1.11 bits per heavy atom. The van der Waals surface area contributed by atoms with Gasteiger partial charge >= 0.3 is 0 Å². The SMILES string of the molecule is Cc1ccc([C@H]2CN(C)C3(C(=O)c4ccccc4C3=O)C23c2ccccc2-c2ccccc23)cc1. The molecule has 1 aliphatic heterocycles. The van der Waals surface area contributed by atoms with Gasteiger partial charge in [0.05, 0.1) is 5.41 Å². The number of fused-ring (bicyclic) bond motifs is 7. The lowest BCUT2D eigenvalue weighted by Crippen LogP contribution is -2.63. The first-order chi connectivity index (χ1) is 17.0. The van der Waals surface area contributed by atoms with Crippen LogP contribution < -0.4 is 0 Å². The standard InChI is InChI=1S/C32H25NO2/c1-20-15-17-21(18-16-20)28-19-33(2)32(29(34)24-11-3-4-12-25(24)30(32)35)31(28)26-13-7-5-9-22(26)23-10-6-8-14-27(23)31/h3-18,28H,19H2,1-2H3/t28-/m1/s1. The van der Waals surface area contributed by atoms with Crippen LogP contribution in [0.4, 0.5) is 0 Å². The molecule has 3 aliphatic rings. The number of hydrogen-bond donors (Lipinski definition) is 0. The van der Waals surface area contributed by atoms with E-state index in [1.807, 2.05) is 55.6 Å². The second-order valence-electron chi connectivity index (χ2n) is 10.2. The van der Waals surface area contributed by atoms with Gasteiger partial charge in [-0.1, -0.05) is 103 Å². The number of ketones is 2. The van der Waals surface area contributed by atoms with E-state index in [0.29, 0.717) is 17.7 Å². The Labute approximate surface area is 205 Å². The fraction of sp³-hybridized carbons (Fsp3) is 0.188. The third-order valence-electron chi connectivity index (χ3n) is 8.67. The first-order valence-electron chi connectivity index (χ1n) is 12.2. The summed E-state index contributed by atoms with van der Waals surface area (Å²) < 4.78 is 0. The van der Waals surface area contributed by atoms with Gasteiger partial charge < -0.3 is 0 Å². The normalized spacial score (nSPS) is 20.9. The largest absolute Gasteiger partial charge is 0.291 e. The van der Waals surface area contributed by atoms with Gasteiger partial charge in [0.15, 0.2) is 17.1 Å². The van der Waals surface area contributed by atoms with E-state index in [4.69, 9.17) is 0 Å². The number of aryl methyl sites for hydroxylation is 1. The summed E-state index contributed by atoms with van der Waals surface area (Å²) in [7, 11) is 1.96. The predicted molar refractivity (Wildman–Crippen MR) is 137 cm³/mol. The lowest BCUT2D eigenvalue weighted by molar-refractivity contribution is 0.0549. The summed E-state index contributed by atoms with van der Waals surface area (Å²) in [5.74, 6) is -0.233. The van der Waals surface area contributed by atoms with Crippen molar-refractivity contribution >= 4 is 11.6 Å². The van der Waals surface area contributed by atoms with Gasteiger partial charge in [-0.3, -0.25) is 14.5 Å². The highest BCUT2D eigenvalue weighted by molar-refractivity contribution is 6.35. The average molecular weight is 456 g/mol. The highest BCUT2D eigenvalue weighted by Gasteiger charge is 2.76. The molecule has 3 nitrogen and oxygen atoms in total. The van der Waals surface area contributed by atoms with Gasteiger partial charge in [-0.25, -0.2) is 0 Å². The average Bonchev–Trinajstić information content (AvgIpc) is 3.43. The molecule has 1 heterocycles. The molecule has 0 bridgehead atoms. The van der Waals surface area contributed by atoms with E-state index < -0.39 is 11.0 Å². The van der Waals surface area contributed by atoms with Gasteiger partial charge in [-0.15, -0.1) is 0 Å². The molecule has 0 aromatic heterocycles. The summed E-state index contributed by atoms with van der Waals surface area (Å²) in [5, 5.41) is 0. The molecule has 7 rings (SSSR count). The fourth-order valence-corrected chi connectivity index (χ4v) is 7.37. The lowest BCUT2D eigenvalue weighted by atomic mass is 9.56. The molecule has 0 saturated carbocycles. The van der Waals surface area contributed by atoms with Crippen LogP contribution in [0.3, 0.4) is 0 Å². The maximum Gasteiger partial charge on any atom is 0.193 e. The van der Waals surface area contributed by atoms with E-state index in [0.717, 1.165) is 27.8 Å². The fourth-order valence-electron chi connectivity index (χ4n) is 7.37. The van der Waals surface area contributed by atoms with Gasteiger partial charge in [-0.05, 0) is 41.8 Å². The zero-order chi connectivity index (χ0) is 23.9. The molecule has 1 atom stereocenters. The minimum Gasteiger partial charge on any atom is -0.291 e. The van der Waals surface area contributed by atoms with E-state index in [1.165, 1.54) is 5.56 Å². The van der Waals surface area contributed by atoms with Crippen molar-refractivity contribution in [3.63, 3.8) is 0 Å². The molecule has 3 heteroatoms. The first-order valence-corrected chi connectivity index (χ1v) is 12.2. The minimum absolute atomic E-state index is 0.0693. The number of likely N-dealkylation sites (N-methyl/N-ethyl adjacent to an activating group) is 1. The molecule has 2 spiro atoms. The third kappa shape index (κ3) is 2.21. The highest BCUT2D eigenvalue weighted by Crippen LogP contribution is 2.67. The summed E-state index contributed by atoms with van der Waals surface area (Å²) >= 11 is 0. The van der Waals surface area contributed by atoms with Crippen LogP contribution in [-0.2, 0) is 5.41 Å². The van der Waals surface area contributed by atoms with Crippen molar-refractivity contribution in [2.75, 3.05) is 13.6 Å². The van der Waals surface area contributed by atoms with Gasteiger partial charge in [0, 0.05) is 23.6 Å². The smallest absolute Gasteiger partial charge is 0.193 e. The second kappa shape index (κ2) is 6.87. The summed E-state index contributed by atoms with van der Waals surface area (Å²) in [6.07, 6.45) is 0. The van der Waals surface area contributed by atoms with Crippen LogP contribution in [0.25, 0.3) is 11.1 Å². The topological polar surface area (TPSA) is 37.4 Å². The molecule has 0 amide bonds. The Hall–Kier alpha value is -3.82. The van der Waals surface area contributed by atoms with Gasteiger partial charge in [0.25, 0.3) is 0 Å². The van der Waals surface area contributed by atoms with Crippen molar-refractivity contribution in [3.8, 4) is 11.1 Å². The zero-order valence-corrected chi connectivity index (χ0v) is 19.8. The van der Waals surface area contributed by atoms with E-state index in [9.17, 15) is 9.59 Å². The van der Waals surface area contributed by atoms with Crippen LogP contribution in [-0.4, -0.2) is 35.6 Å². The van der Waals surface area contributed by atoms with Crippen LogP contribution in [0, 0.1) is 6.92 Å². The van der Waals surface area contributed by atoms with Gasteiger partial charge in [-0.2, -0.15) is 0 Å². The van der Waals surface area contributed by atoms with Crippen molar-refractivity contribution in [1.82, 2.24) is 4.90 Å². The monoisotopic (exact) mass is 455 g/mol. The number of Topliss-reactive ketones (excluding diaryl/α,β-unsaturated/α-hetero) is 2. The Morgan fingerprint density at radius 3 is 1.63 bits per heavy atom. The number of carbonyl (C=O) groups excluding carboxylic acids is 2. The summed E-state index contributed by atoms with van der Waals surface area (Å²) in [5.41, 5.74) is 5.63. The van der Waals surface area contributed by atoms with Gasteiger partial charge in [0.1, 0.15) is 0 Å². The molecule has 2 aliphatic carbocycles. The van der Waals surface area contributed by atoms with Crippen molar-refractivity contribution < 1.29 is 9.59 Å². The molecular weight excluding hydrogens is 430 g/mol. The van der Waals surface area contributed by atoms with Crippen LogP contribution in [0.2, 0.25) is 0 Å². The maximum absolute atomic E-state index is 14.6. The molecular formula is C32H25NO2. The lowest BCUT2D eigenvalue weighted by Gasteiger charge is -2.45. The van der Waals surface area contributed by atoms with E-state index in [2.05, 4.69) is 60.4 Å². The van der Waals surface area contributed by atoms with E-state index in [-0.39, 0.29) is 17.5 Å². The molecule has 35 heavy (non-hydrogen) atoms. The van der Waals surface area contributed by atoms with Crippen molar-refractivity contribution in [2.45, 2.75) is 23.8 Å². The molecule has 0 N–H and O–H groups in total. The number of benzene rings is 4. The Kier molecular flexibility index (Phi) is 4.03. The van der Waals surface area contributed by atoms with E-state index in [1.54, 1.807) is 0 Å². The Bertz CT molecular complexity index is 1470. The second-order valence-corrected chi connectivity index (χ2v) is 10.2. The van der Waals surface area contributed by atoms with Crippen molar-refractivity contribution in [1.29, 1.82) is 0 Å². The van der Waals surface area contributed by atoms with E-state index >= 15 is 0 Å². The van der Waals surface area contributed by atoms with Crippen LogP contribution in [0.1, 0.15) is 48.9 Å². The third-order valence-corrected chi connectivity index (χ3v) is 8.67. The molecule has 4 aromatic rings. The molecule has 0 radical (unpaired) electrons. The minimum atomic E-state index is -1.34. The number of nitrogens with zero attached hydrogens (tertiary/aromatic N) is 1. The summed E-state index contributed by atoms with van der Waals surface area (Å²) in [4.78, 5) is 31.2.